The molecule has 0 aliphatic carbocycles. The van der Waals surface area contributed by atoms with Crippen LogP contribution in [0, 0.1) is 0 Å². The van der Waals surface area contributed by atoms with E-state index in [1.807, 2.05) is 37.3 Å². The van der Waals surface area contributed by atoms with Crippen molar-refractivity contribution in [3.63, 3.8) is 0 Å². The fraction of sp³-hybridized carbons (Fsp3) is 0.370. The number of nitrogens with one attached hydrogen (secondary N) is 1. The van der Waals surface area contributed by atoms with Gasteiger partial charge in [-0.05, 0) is 62.4 Å². The topological polar surface area (TPSA) is 70.6 Å². The number of amides is 1. The number of benzene rings is 2. The van der Waals surface area contributed by atoms with Crippen LogP contribution in [-0.2, 0) is 10.3 Å². The second kappa shape index (κ2) is 9.33. The smallest absolute Gasteiger partial charge is 0.416 e. The maximum absolute atomic E-state index is 12.7. The van der Waals surface area contributed by atoms with Crippen LogP contribution in [0.3, 0.4) is 0 Å². The number of rotatable bonds is 6. The summed E-state index contributed by atoms with van der Waals surface area (Å²) in [7, 11) is 0. The van der Waals surface area contributed by atoms with Crippen molar-refractivity contribution in [2.75, 3.05) is 34.8 Å². The predicted molar refractivity (Wildman–Crippen MR) is 134 cm³/mol. The quantitative estimate of drug-likeness (QED) is 0.526. The molecule has 5 rings (SSSR count). The second-order valence-electron chi connectivity index (χ2n) is 9.27. The van der Waals surface area contributed by atoms with E-state index in [0.29, 0.717) is 11.8 Å². The maximum Gasteiger partial charge on any atom is 0.416 e. The highest BCUT2D eigenvalue weighted by molar-refractivity contribution is 5.90. The van der Waals surface area contributed by atoms with Crippen molar-refractivity contribution in [2.24, 2.45) is 0 Å². The summed E-state index contributed by atoms with van der Waals surface area (Å²) in [5.74, 6) is 0.985. The summed E-state index contributed by atoms with van der Waals surface area (Å²) in [5.41, 5.74) is 2.79. The van der Waals surface area contributed by atoms with Crippen LogP contribution in [0.1, 0.15) is 50.3 Å². The largest absolute Gasteiger partial charge is 0.446 e. The van der Waals surface area contributed by atoms with Gasteiger partial charge in [0.15, 0.2) is 0 Å². The van der Waals surface area contributed by atoms with Crippen molar-refractivity contribution in [3.8, 4) is 0 Å². The number of piperidine rings is 1. The van der Waals surface area contributed by atoms with Gasteiger partial charge in [-0.15, -0.1) is 0 Å². The van der Waals surface area contributed by atoms with E-state index in [0.717, 1.165) is 24.2 Å². The van der Waals surface area contributed by atoms with Gasteiger partial charge in [-0.3, -0.25) is 0 Å². The third-order valence-corrected chi connectivity index (χ3v) is 6.88. The standard InChI is InChI=1S/C27H31N5O2/c1-20(21-11-13-23(14-12-21)31-17-7-4-8-18-31)29-25-28-16-15-24(30-25)32-26(33)34-19-27(32,2)22-9-5-3-6-10-22/h3,5-6,9-16,20H,4,7-8,17-19H2,1-2H3,(H,28,29,30)/t20-,27+/m0/s1. The molecular weight excluding hydrogens is 426 g/mol. The highest BCUT2D eigenvalue weighted by Crippen LogP contribution is 2.37. The van der Waals surface area contributed by atoms with Crippen LogP contribution in [-0.4, -0.2) is 35.8 Å². The summed E-state index contributed by atoms with van der Waals surface area (Å²) in [5, 5.41) is 3.39. The average molecular weight is 458 g/mol. The highest BCUT2D eigenvalue weighted by Gasteiger charge is 2.46. The van der Waals surface area contributed by atoms with E-state index in [1.165, 1.54) is 24.9 Å². The van der Waals surface area contributed by atoms with E-state index in [4.69, 9.17) is 4.74 Å². The molecule has 2 fully saturated rings. The zero-order chi connectivity index (χ0) is 23.5. The Bertz CT molecular complexity index is 1130. The molecular formula is C27H31N5O2. The summed E-state index contributed by atoms with van der Waals surface area (Å²) in [6, 6.07) is 20.4. The Morgan fingerprint density at radius 3 is 2.47 bits per heavy atom. The lowest BCUT2D eigenvalue weighted by Gasteiger charge is -2.31. The van der Waals surface area contributed by atoms with Gasteiger partial charge in [0, 0.05) is 25.0 Å². The van der Waals surface area contributed by atoms with Crippen LogP contribution in [0.25, 0.3) is 0 Å². The van der Waals surface area contributed by atoms with E-state index in [-0.39, 0.29) is 12.6 Å². The maximum atomic E-state index is 12.7. The Labute approximate surface area is 200 Å². The fourth-order valence-corrected chi connectivity index (χ4v) is 4.83. The first kappa shape index (κ1) is 22.2. The van der Waals surface area contributed by atoms with E-state index >= 15 is 0 Å². The molecule has 7 nitrogen and oxygen atoms in total. The predicted octanol–water partition coefficient (Wildman–Crippen LogP) is 5.51. The molecule has 0 spiro atoms. The number of anilines is 3. The minimum absolute atomic E-state index is 0.0108. The van der Waals surface area contributed by atoms with E-state index in [2.05, 4.69) is 51.4 Å². The van der Waals surface area contributed by atoms with Gasteiger partial charge in [0.05, 0.1) is 6.04 Å². The number of cyclic esters (lactones) is 1. The van der Waals surface area contributed by atoms with Crippen LogP contribution in [0.2, 0.25) is 0 Å². The molecule has 1 N–H and O–H groups in total. The zero-order valence-corrected chi connectivity index (χ0v) is 19.8. The van der Waals surface area contributed by atoms with Crippen molar-refractivity contribution in [1.29, 1.82) is 0 Å². The van der Waals surface area contributed by atoms with Crippen LogP contribution in [0.15, 0.2) is 66.9 Å². The van der Waals surface area contributed by atoms with Crippen molar-refractivity contribution >= 4 is 23.5 Å². The van der Waals surface area contributed by atoms with Crippen molar-refractivity contribution in [1.82, 2.24) is 9.97 Å². The molecule has 34 heavy (non-hydrogen) atoms. The first-order chi connectivity index (χ1) is 16.5. The lowest BCUT2D eigenvalue weighted by atomic mass is 9.92. The zero-order valence-electron chi connectivity index (χ0n) is 19.8. The Morgan fingerprint density at radius 1 is 1.00 bits per heavy atom. The van der Waals surface area contributed by atoms with Crippen molar-refractivity contribution < 1.29 is 9.53 Å². The molecule has 3 heterocycles. The number of carbonyl (C=O) groups is 1. The van der Waals surface area contributed by atoms with Gasteiger partial charge in [-0.1, -0.05) is 42.5 Å². The van der Waals surface area contributed by atoms with Gasteiger partial charge in [0.2, 0.25) is 5.95 Å². The first-order valence-corrected chi connectivity index (χ1v) is 12.0. The average Bonchev–Trinajstić information content (AvgIpc) is 3.20. The van der Waals surface area contributed by atoms with Gasteiger partial charge >= 0.3 is 6.09 Å². The highest BCUT2D eigenvalue weighted by atomic mass is 16.6. The third kappa shape index (κ3) is 4.30. The number of aromatic nitrogens is 2. The summed E-state index contributed by atoms with van der Waals surface area (Å²) in [6.07, 6.45) is 5.13. The Balaban J connectivity index is 1.33. The minimum atomic E-state index is -0.639. The van der Waals surface area contributed by atoms with Crippen LogP contribution in [0.5, 0.6) is 0 Å². The van der Waals surface area contributed by atoms with Crippen molar-refractivity contribution in [3.05, 3.63) is 78.0 Å². The molecule has 7 heteroatoms. The number of hydrogen-bond donors (Lipinski definition) is 1. The second-order valence-corrected chi connectivity index (χ2v) is 9.27. The summed E-state index contributed by atoms with van der Waals surface area (Å²) in [4.78, 5) is 25.9. The summed E-state index contributed by atoms with van der Waals surface area (Å²) in [6.45, 7) is 6.62. The molecule has 2 aromatic carbocycles. The number of carbonyl (C=O) groups excluding carboxylic acids is 1. The molecule has 1 amide bonds. The molecule has 0 saturated carbocycles. The Morgan fingerprint density at radius 2 is 1.74 bits per heavy atom. The SMILES string of the molecule is C[C@H](Nc1nccc(N2C(=O)OC[C@]2(C)c2ccccc2)n1)c1ccc(N2CCCCC2)cc1. The number of nitrogens with zero attached hydrogens (tertiary/aromatic N) is 4. The molecule has 0 radical (unpaired) electrons. The lowest BCUT2D eigenvalue weighted by Crippen LogP contribution is -2.42. The van der Waals surface area contributed by atoms with Gasteiger partial charge in [0.1, 0.15) is 18.0 Å². The van der Waals surface area contributed by atoms with Gasteiger partial charge < -0.3 is 15.0 Å². The molecule has 2 atom stereocenters. The Hall–Kier alpha value is -3.61. The third-order valence-electron chi connectivity index (χ3n) is 6.88. The number of hydrogen-bond acceptors (Lipinski definition) is 6. The summed E-state index contributed by atoms with van der Waals surface area (Å²) >= 11 is 0. The normalized spacial score (nSPS) is 21.3. The fourth-order valence-electron chi connectivity index (χ4n) is 4.83. The molecule has 1 aromatic heterocycles. The monoisotopic (exact) mass is 457 g/mol. The van der Waals surface area contributed by atoms with Crippen LogP contribution in [0.4, 0.5) is 22.2 Å². The Kier molecular flexibility index (Phi) is 6.09. The first-order valence-electron chi connectivity index (χ1n) is 12.0. The molecule has 0 bridgehead atoms. The van der Waals surface area contributed by atoms with Crippen molar-refractivity contribution in [2.45, 2.75) is 44.7 Å². The molecule has 0 unspecified atom stereocenters. The van der Waals surface area contributed by atoms with E-state index < -0.39 is 11.6 Å². The number of ether oxygens (including phenoxy) is 1. The lowest BCUT2D eigenvalue weighted by molar-refractivity contribution is 0.174. The van der Waals surface area contributed by atoms with Crippen LogP contribution >= 0.6 is 0 Å². The van der Waals surface area contributed by atoms with Gasteiger partial charge in [-0.25, -0.2) is 14.7 Å². The molecule has 2 aliphatic heterocycles. The minimum Gasteiger partial charge on any atom is -0.446 e. The molecule has 3 aromatic rings. The molecule has 2 saturated heterocycles. The van der Waals surface area contributed by atoms with Gasteiger partial charge in [-0.2, -0.15) is 4.98 Å². The van der Waals surface area contributed by atoms with E-state index in [1.54, 1.807) is 17.2 Å². The summed E-state index contributed by atoms with van der Waals surface area (Å²) < 4.78 is 5.44. The molecule has 176 valence electrons. The molecule has 2 aliphatic rings. The van der Waals surface area contributed by atoms with Gasteiger partial charge in [0.25, 0.3) is 0 Å². The van der Waals surface area contributed by atoms with E-state index in [9.17, 15) is 4.79 Å². The van der Waals surface area contributed by atoms with Crippen LogP contribution < -0.4 is 15.1 Å².